The number of fused-ring (bicyclic) bond motifs is 1. The average Bonchev–Trinajstić information content (AvgIpc) is 2.54. The second kappa shape index (κ2) is 3.70. The molecule has 0 fully saturated rings. The van der Waals surface area contributed by atoms with Crippen LogP contribution in [0.15, 0.2) is 12.1 Å². The van der Waals surface area contributed by atoms with Crippen molar-refractivity contribution < 1.29 is 18.4 Å². The number of nitro groups is 1. The Labute approximate surface area is 90.0 Å². The van der Waals surface area contributed by atoms with Crippen molar-refractivity contribution in [1.29, 1.82) is 0 Å². The van der Waals surface area contributed by atoms with Gasteiger partial charge in [-0.05, 0) is 13.0 Å². The molecule has 0 bridgehead atoms. The van der Waals surface area contributed by atoms with E-state index in [2.05, 4.69) is 0 Å². The van der Waals surface area contributed by atoms with Gasteiger partial charge in [-0.2, -0.15) is 0 Å². The lowest BCUT2D eigenvalue weighted by atomic mass is 10.1. The van der Waals surface area contributed by atoms with Crippen LogP contribution in [0.1, 0.15) is 24.5 Å². The maximum absolute atomic E-state index is 12.6. The van der Waals surface area contributed by atoms with Crippen LogP contribution in [0, 0.1) is 16.2 Å². The van der Waals surface area contributed by atoms with Crippen molar-refractivity contribution in [2.45, 2.75) is 19.8 Å². The van der Waals surface area contributed by atoms with Gasteiger partial charge < -0.3 is 4.74 Å². The number of rotatable bonds is 2. The summed E-state index contributed by atoms with van der Waals surface area (Å²) in [7, 11) is 0. The summed E-state index contributed by atoms with van der Waals surface area (Å²) >= 11 is 0. The first kappa shape index (κ1) is 10.8. The Morgan fingerprint density at radius 3 is 2.75 bits per heavy atom. The van der Waals surface area contributed by atoms with Crippen LogP contribution in [0.25, 0.3) is 0 Å². The van der Waals surface area contributed by atoms with Crippen molar-refractivity contribution in [3.63, 3.8) is 0 Å². The quantitative estimate of drug-likeness (QED) is 0.577. The zero-order valence-electron chi connectivity index (χ0n) is 8.37. The number of hydrogen-bond donors (Lipinski definition) is 0. The predicted molar refractivity (Wildman–Crippen MR) is 51.3 cm³/mol. The summed E-state index contributed by atoms with van der Waals surface area (Å²) in [5, 5.41) is 10.6. The lowest BCUT2D eigenvalue weighted by Crippen LogP contribution is -1.97. The lowest BCUT2D eigenvalue weighted by Gasteiger charge is -2.05. The number of nitro benzene ring substituents is 1. The van der Waals surface area contributed by atoms with Gasteiger partial charge in [0.15, 0.2) is 0 Å². The third-order valence-electron chi connectivity index (χ3n) is 2.37. The molecule has 0 atom stereocenters. The van der Waals surface area contributed by atoms with Crippen LogP contribution in [-0.4, -0.2) is 4.92 Å². The van der Waals surface area contributed by atoms with Gasteiger partial charge in [0, 0.05) is 18.1 Å². The molecule has 0 saturated heterocycles. The Morgan fingerprint density at radius 2 is 2.19 bits per heavy atom. The number of nitrogens with zero attached hydrogens (tertiary/aromatic N) is 1. The Hall–Kier alpha value is -1.72. The second-order valence-corrected chi connectivity index (χ2v) is 3.56. The largest absolute Gasteiger partial charge is 0.483 e. The lowest BCUT2D eigenvalue weighted by molar-refractivity contribution is -0.386. The third kappa shape index (κ3) is 1.70. The highest BCUT2D eigenvalue weighted by atomic mass is 19.3. The maximum Gasteiger partial charge on any atom is 0.278 e. The first-order chi connectivity index (χ1) is 7.49. The molecule has 1 radical (unpaired) electrons. The highest BCUT2D eigenvalue weighted by Crippen LogP contribution is 2.40. The van der Waals surface area contributed by atoms with Gasteiger partial charge in [0.2, 0.25) is 0 Å². The standard InChI is InChI=1S/C10H8F2NO3/c1-5-2-6-3-8(13(14)15)7(10(11)12)4-9(6)16-5/h3-4,10H,2H2,1H3. The maximum atomic E-state index is 12.6. The fourth-order valence-electron chi connectivity index (χ4n) is 1.69. The van der Waals surface area contributed by atoms with Crippen molar-refractivity contribution in [1.82, 2.24) is 0 Å². The molecule has 0 aliphatic carbocycles. The van der Waals surface area contributed by atoms with E-state index in [4.69, 9.17) is 4.74 Å². The molecule has 1 heterocycles. The van der Waals surface area contributed by atoms with Crippen molar-refractivity contribution in [3.05, 3.63) is 39.5 Å². The van der Waals surface area contributed by atoms with E-state index in [1.807, 2.05) is 0 Å². The molecule has 0 unspecified atom stereocenters. The SMILES string of the molecule is C[C]1Cc2cc([N+](=O)[O-])c(C(F)F)cc2O1. The topological polar surface area (TPSA) is 52.4 Å². The Kier molecular flexibility index (Phi) is 2.49. The summed E-state index contributed by atoms with van der Waals surface area (Å²) in [6.07, 6.45) is -1.80. The molecule has 2 rings (SSSR count). The summed E-state index contributed by atoms with van der Waals surface area (Å²) in [6, 6.07) is 2.21. The molecule has 1 aliphatic heterocycles. The molecule has 0 spiro atoms. The van der Waals surface area contributed by atoms with Gasteiger partial charge in [-0.25, -0.2) is 8.78 Å². The number of alkyl halides is 2. The van der Waals surface area contributed by atoms with Crippen LogP contribution in [0.2, 0.25) is 0 Å². The summed E-state index contributed by atoms with van der Waals surface area (Å²) in [4.78, 5) is 9.84. The number of halogens is 2. The van der Waals surface area contributed by atoms with E-state index in [1.165, 1.54) is 0 Å². The molecular weight excluding hydrogens is 220 g/mol. The Balaban J connectivity index is 2.54. The molecule has 1 aromatic carbocycles. The molecule has 16 heavy (non-hydrogen) atoms. The van der Waals surface area contributed by atoms with E-state index in [-0.39, 0.29) is 0 Å². The monoisotopic (exact) mass is 228 g/mol. The molecule has 85 valence electrons. The minimum absolute atomic E-state index is 0.290. The van der Waals surface area contributed by atoms with Gasteiger partial charge in [0.25, 0.3) is 12.1 Å². The van der Waals surface area contributed by atoms with Crippen LogP contribution in [-0.2, 0) is 6.42 Å². The zero-order valence-corrected chi connectivity index (χ0v) is 8.37. The zero-order chi connectivity index (χ0) is 11.9. The highest BCUT2D eigenvalue weighted by molar-refractivity contribution is 5.53. The predicted octanol–water partition coefficient (Wildman–Crippen LogP) is 3.02. The number of ether oxygens (including phenoxy) is 1. The van der Waals surface area contributed by atoms with E-state index in [9.17, 15) is 18.9 Å². The first-order valence-electron chi connectivity index (χ1n) is 4.58. The van der Waals surface area contributed by atoms with E-state index in [0.717, 1.165) is 12.1 Å². The Morgan fingerprint density at radius 1 is 1.50 bits per heavy atom. The molecule has 0 N–H and O–H groups in total. The fraction of sp³-hybridized carbons (Fsp3) is 0.300. The minimum atomic E-state index is -2.88. The normalized spacial score (nSPS) is 15.0. The number of benzene rings is 1. The molecule has 1 aliphatic rings. The van der Waals surface area contributed by atoms with Crippen LogP contribution in [0.3, 0.4) is 0 Å². The smallest absolute Gasteiger partial charge is 0.278 e. The van der Waals surface area contributed by atoms with Gasteiger partial charge in [0.1, 0.15) is 11.9 Å². The molecule has 6 heteroatoms. The van der Waals surface area contributed by atoms with Crippen molar-refractivity contribution in [3.8, 4) is 5.75 Å². The first-order valence-corrected chi connectivity index (χ1v) is 4.58. The summed E-state index contributed by atoms with van der Waals surface area (Å²) < 4.78 is 30.4. The van der Waals surface area contributed by atoms with Gasteiger partial charge in [0.05, 0.1) is 10.5 Å². The van der Waals surface area contributed by atoms with Crippen LogP contribution in [0.5, 0.6) is 5.75 Å². The number of hydrogen-bond acceptors (Lipinski definition) is 3. The molecular formula is C10H8F2NO3. The van der Waals surface area contributed by atoms with Gasteiger partial charge in [-0.3, -0.25) is 10.1 Å². The van der Waals surface area contributed by atoms with Gasteiger partial charge >= 0.3 is 0 Å². The van der Waals surface area contributed by atoms with Crippen LogP contribution in [0.4, 0.5) is 14.5 Å². The molecule has 0 aromatic heterocycles. The molecule has 1 aromatic rings. The molecule has 0 amide bonds. The van der Waals surface area contributed by atoms with Crippen LogP contribution >= 0.6 is 0 Å². The van der Waals surface area contributed by atoms with Crippen molar-refractivity contribution in [2.75, 3.05) is 0 Å². The van der Waals surface area contributed by atoms with E-state index in [1.54, 1.807) is 6.92 Å². The Bertz CT molecular complexity index is 448. The highest BCUT2D eigenvalue weighted by Gasteiger charge is 2.29. The van der Waals surface area contributed by atoms with Gasteiger partial charge in [-0.15, -0.1) is 0 Å². The summed E-state index contributed by atoms with van der Waals surface area (Å²) in [6.45, 7) is 1.70. The van der Waals surface area contributed by atoms with E-state index < -0.39 is 22.6 Å². The minimum Gasteiger partial charge on any atom is -0.483 e. The summed E-state index contributed by atoms with van der Waals surface area (Å²) in [5.41, 5.74) is -0.570. The van der Waals surface area contributed by atoms with Gasteiger partial charge in [-0.1, -0.05) is 0 Å². The molecule has 0 saturated carbocycles. The van der Waals surface area contributed by atoms with E-state index in [0.29, 0.717) is 23.8 Å². The second-order valence-electron chi connectivity index (χ2n) is 3.56. The summed E-state index contributed by atoms with van der Waals surface area (Å²) in [5.74, 6) is 0.290. The molecule has 4 nitrogen and oxygen atoms in total. The average molecular weight is 228 g/mol. The van der Waals surface area contributed by atoms with Crippen molar-refractivity contribution in [2.24, 2.45) is 0 Å². The third-order valence-corrected chi connectivity index (χ3v) is 2.37. The van der Waals surface area contributed by atoms with E-state index >= 15 is 0 Å². The van der Waals surface area contributed by atoms with Crippen LogP contribution < -0.4 is 4.74 Å². The van der Waals surface area contributed by atoms with Crippen molar-refractivity contribution >= 4 is 5.69 Å². The fourth-order valence-corrected chi connectivity index (χ4v) is 1.69.